The summed E-state index contributed by atoms with van der Waals surface area (Å²) in [5.41, 5.74) is 2.06. The van der Waals surface area contributed by atoms with E-state index in [1.807, 2.05) is 19.1 Å². The van der Waals surface area contributed by atoms with Gasteiger partial charge in [0.05, 0.1) is 7.11 Å². The Bertz CT molecular complexity index is 906. The van der Waals surface area contributed by atoms with Gasteiger partial charge in [-0.15, -0.1) is 5.92 Å². The Hall–Kier alpha value is -2.61. The van der Waals surface area contributed by atoms with Crippen molar-refractivity contribution >= 4 is 17.5 Å². The van der Waals surface area contributed by atoms with Crippen LogP contribution in [0.3, 0.4) is 0 Å². The summed E-state index contributed by atoms with van der Waals surface area (Å²) in [5, 5.41) is 0. The van der Waals surface area contributed by atoms with E-state index in [1.165, 1.54) is 0 Å². The van der Waals surface area contributed by atoms with E-state index in [-0.39, 0.29) is 28.8 Å². The molecule has 2 aliphatic carbocycles. The fraction of sp³-hybridized carbons (Fsp3) is 0.560. The van der Waals surface area contributed by atoms with Gasteiger partial charge in [0.1, 0.15) is 23.2 Å². The summed E-state index contributed by atoms with van der Waals surface area (Å²) >= 11 is 0. The molecule has 0 aliphatic heterocycles. The smallest absolute Gasteiger partial charge is 0.225 e. The van der Waals surface area contributed by atoms with Gasteiger partial charge in [-0.1, -0.05) is 5.92 Å². The van der Waals surface area contributed by atoms with E-state index in [0.29, 0.717) is 24.2 Å². The van der Waals surface area contributed by atoms with Gasteiger partial charge in [-0.2, -0.15) is 0 Å². The number of aryl methyl sites for hydroxylation is 1. The lowest BCUT2D eigenvalue weighted by Crippen LogP contribution is -2.43. The lowest BCUT2D eigenvalue weighted by atomic mass is 9.59. The zero-order valence-corrected chi connectivity index (χ0v) is 18.6. The quantitative estimate of drug-likeness (QED) is 0.565. The predicted molar refractivity (Wildman–Crippen MR) is 115 cm³/mol. The molecule has 2 saturated carbocycles. The number of carbonyl (C=O) groups is 3. The predicted octanol–water partition coefficient (Wildman–Crippen LogP) is 3.66. The largest absolute Gasteiger partial charge is 0.496 e. The molecule has 0 aromatic heterocycles. The molecular weight excluding hydrogens is 378 g/mol. The number of rotatable bonds is 3. The highest BCUT2D eigenvalue weighted by Gasteiger charge is 2.48. The highest BCUT2D eigenvalue weighted by molar-refractivity contribution is 6.11. The molecule has 1 spiro atoms. The standard InChI is InChI=1S/C25H31NO4/c1-6-7-17-12-16(2)22(21(13-17)30-5)23-19(27)14-25(15-20(23)28)10-8-18(9-11-25)24(29)26(3)4/h12-13,18,23H,8-11,14-15H2,1-5H3. The van der Waals surface area contributed by atoms with Crippen LogP contribution in [0.2, 0.25) is 0 Å². The summed E-state index contributed by atoms with van der Waals surface area (Å²) in [6.45, 7) is 3.67. The lowest BCUT2D eigenvalue weighted by Gasteiger charge is -2.43. The molecule has 0 atom stereocenters. The number of methoxy groups -OCH3 is 1. The van der Waals surface area contributed by atoms with E-state index in [1.54, 1.807) is 33.0 Å². The van der Waals surface area contributed by atoms with Gasteiger partial charge in [-0.25, -0.2) is 0 Å². The normalized spacial score (nSPS) is 26.2. The third-order valence-electron chi connectivity index (χ3n) is 6.71. The van der Waals surface area contributed by atoms with Gasteiger partial charge >= 0.3 is 0 Å². The number of hydrogen-bond acceptors (Lipinski definition) is 4. The molecule has 0 saturated heterocycles. The van der Waals surface area contributed by atoms with Crippen LogP contribution in [0.4, 0.5) is 0 Å². The van der Waals surface area contributed by atoms with Crippen molar-refractivity contribution in [3.63, 3.8) is 0 Å². The van der Waals surface area contributed by atoms with Crippen LogP contribution in [0.1, 0.15) is 68.1 Å². The molecular formula is C25H31NO4. The van der Waals surface area contributed by atoms with Crippen LogP contribution in [0.25, 0.3) is 0 Å². The van der Waals surface area contributed by atoms with E-state index in [2.05, 4.69) is 11.8 Å². The minimum atomic E-state index is -0.768. The maximum absolute atomic E-state index is 13.3. The lowest BCUT2D eigenvalue weighted by molar-refractivity contribution is -0.139. The zero-order valence-electron chi connectivity index (χ0n) is 18.6. The Morgan fingerprint density at radius 1 is 1.13 bits per heavy atom. The number of ether oxygens (including phenoxy) is 1. The summed E-state index contributed by atoms with van der Waals surface area (Å²) in [4.78, 5) is 40.4. The van der Waals surface area contributed by atoms with E-state index in [9.17, 15) is 14.4 Å². The first-order chi connectivity index (χ1) is 14.2. The average molecular weight is 410 g/mol. The Kier molecular flexibility index (Phi) is 6.36. The van der Waals surface area contributed by atoms with Gasteiger partial charge in [-0.05, 0) is 62.6 Å². The van der Waals surface area contributed by atoms with Gasteiger partial charge in [0.15, 0.2) is 0 Å². The number of ketones is 2. The van der Waals surface area contributed by atoms with E-state index in [0.717, 1.165) is 36.8 Å². The molecule has 5 nitrogen and oxygen atoms in total. The summed E-state index contributed by atoms with van der Waals surface area (Å²) in [5.74, 6) is 5.76. The van der Waals surface area contributed by atoms with E-state index >= 15 is 0 Å². The third-order valence-corrected chi connectivity index (χ3v) is 6.71. The number of hydrogen-bond donors (Lipinski definition) is 0. The molecule has 0 unspecified atom stereocenters. The van der Waals surface area contributed by atoms with Crippen LogP contribution in [0.15, 0.2) is 12.1 Å². The minimum absolute atomic E-state index is 0.00288. The first kappa shape index (κ1) is 22.1. The van der Waals surface area contributed by atoms with Crippen molar-refractivity contribution in [2.75, 3.05) is 21.2 Å². The van der Waals surface area contributed by atoms with Crippen molar-refractivity contribution in [3.05, 3.63) is 28.8 Å². The van der Waals surface area contributed by atoms with Gasteiger partial charge in [0.2, 0.25) is 5.91 Å². The molecule has 2 fully saturated rings. The van der Waals surface area contributed by atoms with Crippen molar-refractivity contribution in [2.45, 2.75) is 58.3 Å². The first-order valence-electron chi connectivity index (χ1n) is 10.6. The van der Waals surface area contributed by atoms with Gasteiger partial charge in [0, 0.05) is 44.0 Å². The molecule has 30 heavy (non-hydrogen) atoms. The van der Waals surface area contributed by atoms with E-state index in [4.69, 9.17) is 4.74 Å². The van der Waals surface area contributed by atoms with Crippen molar-refractivity contribution in [2.24, 2.45) is 11.3 Å². The summed E-state index contributed by atoms with van der Waals surface area (Å²) < 4.78 is 5.55. The monoisotopic (exact) mass is 409 g/mol. The number of Topliss-reactive ketones (excluding diaryl/α,β-unsaturated/α-hetero) is 2. The fourth-order valence-corrected chi connectivity index (χ4v) is 5.22. The van der Waals surface area contributed by atoms with Gasteiger partial charge < -0.3 is 9.64 Å². The number of amides is 1. The van der Waals surface area contributed by atoms with Crippen LogP contribution >= 0.6 is 0 Å². The molecule has 1 aromatic rings. The molecule has 5 heteroatoms. The molecule has 160 valence electrons. The van der Waals surface area contributed by atoms with Crippen molar-refractivity contribution in [3.8, 4) is 17.6 Å². The third kappa shape index (κ3) is 4.14. The number of benzene rings is 1. The van der Waals surface area contributed by atoms with E-state index < -0.39 is 5.92 Å². The zero-order chi connectivity index (χ0) is 22.1. The molecule has 0 radical (unpaired) electrons. The molecule has 1 aromatic carbocycles. The molecule has 0 N–H and O–H groups in total. The Balaban J connectivity index is 1.83. The fourth-order valence-electron chi connectivity index (χ4n) is 5.22. The van der Waals surface area contributed by atoms with Crippen LogP contribution in [0.5, 0.6) is 5.75 Å². The molecule has 1 amide bonds. The minimum Gasteiger partial charge on any atom is -0.496 e. The van der Waals surface area contributed by atoms with Gasteiger partial charge in [0.25, 0.3) is 0 Å². The second kappa shape index (κ2) is 8.63. The molecule has 3 rings (SSSR count). The molecule has 2 aliphatic rings. The summed E-state index contributed by atoms with van der Waals surface area (Å²) in [6, 6.07) is 3.72. The van der Waals surface area contributed by atoms with Crippen LogP contribution < -0.4 is 4.74 Å². The summed E-state index contributed by atoms with van der Waals surface area (Å²) in [7, 11) is 5.11. The van der Waals surface area contributed by atoms with Crippen molar-refractivity contribution in [1.29, 1.82) is 0 Å². The summed E-state index contributed by atoms with van der Waals surface area (Å²) in [6.07, 6.45) is 3.78. The van der Waals surface area contributed by atoms with Crippen LogP contribution in [-0.4, -0.2) is 43.6 Å². The molecule has 0 heterocycles. The first-order valence-corrected chi connectivity index (χ1v) is 10.6. The Morgan fingerprint density at radius 2 is 1.73 bits per heavy atom. The van der Waals surface area contributed by atoms with Crippen molar-refractivity contribution < 1.29 is 19.1 Å². The Labute approximate surface area is 179 Å². The highest BCUT2D eigenvalue weighted by Crippen LogP contribution is 2.50. The topological polar surface area (TPSA) is 63.7 Å². The number of nitrogens with zero attached hydrogens (tertiary/aromatic N) is 1. The SMILES string of the molecule is CC#Cc1cc(C)c(C2C(=O)CC3(CCC(C(=O)N(C)C)CC3)CC2=O)c(OC)c1. The van der Waals surface area contributed by atoms with Crippen LogP contribution in [-0.2, 0) is 14.4 Å². The maximum atomic E-state index is 13.3. The van der Waals surface area contributed by atoms with Crippen molar-refractivity contribution in [1.82, 2.24) is 4.90 Å². The molecule has 0 bridgehead atoms. The highest BCUT2D eigenvalue weighted by atomic mass is 16.5. The average Bonchev–Trinajstić information content (AvgIpc) is 2.69. The van der Waals surface area contributed by atoms with Crippen LogP contribution in [0, 0.1) is 30.1 Å². The number of carbonyl (C=O) groups excluding carboxylic acids is 3. The second-order valence-electron chi connectivity index (χ2n) is 9.01. The maximum Gasteiger partial charge on any atom is 0.225 e. The second-order valence-corrected chi connectivity index (χ2v) is 9.01. The van der Waals surface area contributed by atoms with Gasteiger partial charge in [-0.3, -0.25) is 14.4 Å². The Morgan fingerprint density at radius 3 is 2.23 bits per heavy atom.